The average molecular weight is 350 g/mol. The lowest BCUT2D eigenvalue weighted by atomic mass is 9.46. The van der Waals surface area contributed by atoms with Crippen molar-refractivity contribution < 1.29 is 19.4 Å². The first-order valence-electron chi connectivity index (χ1n) is 9.70. The molecule has 0 radical (unpaired) electrons. The predicted octanol–water partition coefficient (Wildman–Crippen LogP) is 4.01. The second-order valence-corrected chi connectivity index (χ2v) is 9.39. The lowest BCUT2D eigenvalue weighted by molar-refractivity contribution is -0.199. The second-order valence-electron chi connectivity index (χ2n) is 9.39. The maximum atomic E-state index is 11.9. The number of allylic oxidation sites excluding steroid dienone is 1. The molecule has 1 aliphatic heterocycles. The van der Waals surface area contributed by atoms with Crippen LogP contribution in [-0.4, -0.2) is 36.0 Å². The summed E-state index contributed by atoms with van der Waals surface area (Å²) in [5.74, 6) is 0.200. The van der Waals surface area contributed by atoms with Crippen LogP contribution in [0, 0.1) is 16.7 Å². The molecule has 3 rings (SSSR count). The molecule has 4 heteroatoms. The highest BCUT2D eigenvalue weighted by Gasteiger charge is 2.65. The first-order valence-corrected chi connectivity index (χ1v) is 9.70. The molecular formula is C21H34O4. The molecule has 5 atom stereocenters. The van der Waals surface area contributed by atoms with Gasteiger partial charge in [0.2, 0.25) is 0 Å². The zero-order valence-corrected chi connectivity index (χ0v) is 16.5. The van der Waals surface area contributed by atoms with Gasteiger partial charge in [-0.15, -0.1) is 0 Å². The van der Waals surface area contributed by atoms with Gasteiger partial charge in [0.25, 0.3) is 0 Å². The number of hydrogen-bond acceptors (Lipinski definition) is 4. The molecule has 0 bridgehead atoms. The van der Waals surface area contributed by atoms with Gasteiger partial charge in [0, 0.05) is 12.0 Å². The zero-order chi connectivity index (χ0) is 18.5. The topological polar surface area (TPSA) is 55.8 Å². The molecule has 1 spiro atoms. The molecule has 0 aromatic carbocycles. The maximum Gasteiger partial charge on any atom is 0.308 e. The van der Waals surface area contributed by atoms with Crippen LogP contribution >= 0.6 is 0 Å². The van der Waals surface area contributed by atoms with Gasteiger partial charge in [-0.25, -0.2) is 0 Å². The van der Waals surface area contributed by atoms with Crippen molar-refractivity contribution in [1.82, 2.24) is 0 Å². The van der Waals surface area contributed by atoms with E-state index < -0.39 is 5.60 Å². The predicted molar refractivity (Wildman–Crippen MR) is 97.1 cm³/mol. The number of aliphatic hydroxyl groups excluding tert-OH is 1. The molecule has 25 heavy (non-hydrogen) atoms. The van der Waals surface area contributed by atoms with E-state index in [1.165, 1.54) is 12.7 Å². The van der Waals surface area contributed by atoms with Gasteiger partial charge in [-0.3, -0.25) is 4.79 Å². The van der Waals surface area contributed by atoms with E-state index in [0.29, 0.717) is 12.3 Å². The van der Waals surface area contributed by atoms with Gasteiger partial charge in [-0.1, -0.05) is 26.3 Å². The zero-order valence-electron chi connectivity index (χ0n) is 16.5. The van der Waals surface area contributed by atoms with Crippen LogP contribution in [0.1, 0.15) is 72.6 Å². The molecular weight excluding hydrogens is 316 g/mol. The number of aliphatic hydroxyl groups is 1. The molecule has 2 aliphatic carbocycles. The molecule has 0 aromatic heterocycles. The minimum Gasteiger partial charge on any atom is -0.469 e. The van der Waals surface area contributed by atoms with E-state index in [0.717, 1.165) is 38.5 Å². The fourth-order valence-corrected chi connectivity index (χ4v) is 6.25. The fraction of sp³-hybridized carbons (Fsp3) is 0.857. The van der Waals surface area contributed by atoms with Crippen molar-refractivity contribution in [3.63, 3.8) is 0 Å². The van der Waals surface area contributed by atoms with Gasteiger partial charge < -0.3 is 14.6 Å². The van der Waals surface area contributed by atoms with Crippen molar-refractivity contribution in [3.8, 4) is 0 Å². The first-order chi connectivity index (χ1) is 11.6. The largest absolute Gasteiger partial charge is 0.469 e. The summed E-state index contributed by atoms with van der Waals surface area (Å²) < 4.78 is 11.7. The monoisotopic (exact) mass is 350 g/mol. The van der Waals surface area contributed by atoms with Crippen LogP contribution in [0.2, 0.25) is 0 Å². The quantitative estimate of drug-likeness (QED) is 0.617. The molecule has 0 amide bonds. The fourth-order valence-electron chi connectivity index (χ4n) is 6.25. The second kappa shape index (κ2) is 6.09. The van der Waals surface area contributed by atoms with Gasteiger partial charge in [0.1, 0.15) is 0 Å². The van der Waals surface area contributed by atoms with Crippen LogP contribution in [0.15, 0.2) is 11.6 Å². The Bertz CT molecular complexity index is 584. The number of ether oxygens (including phenoxy) is 2. The van der Waals surface area contributed by atoms with Crippen LogP contribution in [-0.2, 0) is 14.3 Å². The highest BCUT2D eigenvalue weighted by atomic mass is 16.5. The Morgan fingerprint density at radius 2 is 2.00 bits per heavy atom. The molecule has 1 saturated heterocycles. The van der Waals surface area contributed by atoms with E-state index in [-0.39, 0.29) is 29.0 Å². The van der Waals surface area contributed by atoms with E-state index in [1.807, 2.05) is 6.92 Å². The van der Waals surface area contributed by atoms with E-state index in [9.17, 15) is 9.90 Å². The van der Waals surface area contributed by atoms with Crippen LogP contribution in [0.4, 0.5) is 0 Å². The number of hydrogen-bond donors (Lipinski definition) is 1. The summed E-state index contributed by atoms with van der Waals surface area (Å²) in [7, 11) is 1.44. The molecule has 4 nitrogen and oxygen atoms in total. The third-order valence-corrected chi connectivity index (χ3v) is 7.81. The van der Waals surface area contributed by atoms with Crippen molar-refractivity contribution >= 4 is 5.97 Å². The number of esters is 1. The van der Waals surface area contributed by atoms with Crippen LogP contribution in [0.25, 0.3) is 0 Å². The van der Waals surface area contributed by atoms with Crippen LogP contribution in [0.5, 0.6) is 0 Å². The Morgan fingerprint density at radius 3 is 2.64 bits per heavy atom. The van der Waals surface area contributed by atoms with Gasteiger partial charge in [0.05, 0.1) is 24.7 Å². The van der Waals surface area contributed by atoms with Crippen molar-refractivity contribution in [2.24, 2.45) is 16.7 Å². The standard InChI is InChI=1S/C21H34O4/c1-15-7-8-16-18(2,14-22)9-6-10-20(16,4)21(15)12-11-19(3,25-21)13-17(23)24-5/h7,16,22H,6,8-14H2,1-5H3/t16-,18+,19-,20-,21+/m0/s1. The van der Waals surface area contributed by atoms with Crippen molar-refractivity contribution in [2.75, 3.05) is 13.7 Å². The Hall–Kier alpha value is -0.870. The Balaban J connectivity index is 1.99. The van der Waals surface area contributed by atoms with Crippen LogP contribution < -0.4 is 0 Å². The molecule has 142 valence electrons. The summed E-state index contributed by atoms with van der Waals surface area (Å²) in [6.45, 7) is 9.07. The summed E-state index contributed by atoms with van der Waals surface area (Å²) in [6, 6.07) is 0. The van der Waals surface area contributed by atoms with Gasteiger partial charge >= 0.3 is 5.97 Å². The number of methoxy groups -OCH3 is 1. The minimum absolute atomic E-state index is 0.00452. The lowest BCUT2D eigenvalue weighted by Gasteiger charge is -2.61. The Labute approximate surface area is 152 Å². The van der Waals surface area contributed by atoms with E-state index in [2.05, 4.69) is 26.8 Å². The van der Waals surface area contributed by atoms with Crippen molar-refractivity contribution in [2.45, 2.75) is 83.8 Å². The van der Waals surface area contributed by atoms with Crippen LogP contribution in [0.3, 0.4) is 0 Å². The third-order valence-electron chi connectivity index (χ3n) is 7.81. The van der Waals surface area contributed by atoms with Gasteiger partial charge in [-0.05, 0) is 62.9 Å². The SMILES string of the molecule is COC(=O)C[C@]1(C)CC[C@@]2(O1)C(C)=CC[C@H]1[C@@](C)(CO)CCC[C@@]12C. The molecule has 3 aliphatic rings. The highest BCUT2D eigenvalue weighted by Crippen LogP contribution is 2.66. The summed E-state index contributed by atoms with van der Waals surface area (Å²) in [4.78, 5) is 11.9. The Morgan fingerprint density at radius 1 is 1.28 bits per heavy atom. The first kappa shape index (κ1) is 18.9. The van der Waals surface area contributed by atoms with Crippen molar-refractivity contribution in [3.05, 3.63) is 11.6 Å². The van der Waals surface area contributed by atoms with E-state index in [1.54, 1.807) is 0 Å². The number of rotatable bonds is 3. The molecule has 0 unspecified atom stereocenters. The summed E-state index contributed by atoms with van der Waals surface area (Å²) >= 11 is 0. The molecule has 1 saturated carbocycles. The summed E-state index contributed by atoms with van der Waals surface area (Å²) in [6.07, 6.45) is 8.77. The lowest BCUT2D eigenvalue weighted by Crippen LogP contribution is -2.60. The molecule has 2 fully saturated rings. The van der Waals surface area contributed by atoms with E-state index >= 15 is 0 Å². The average Bonchev–Trinajstić information content (AvgIpc) is 2.92. The number of carbonyl (C=O) groups excluding carboxylic acids is 1. The Kier molecular flexibility index (Phi) is 4.61. The van der Waals surface area contributed by atoms with Gasteiger partial charge in [-0.2, -0.15) is 0 Å². The molecule has 0 aromatic rings. The minimum atomic E-state index is -0.472. The molecule has 1 heterocycles. The number of fused-ring (bicyclic) bond motifs is 2. The molecule has 1 N–H and O–H groups in total. The number of carbonyl (C=O) groups is 1. The normalized spacial score (nSPS) is 46.6. The maximum absolute atomic E-state index is 11.9. The highest BCUT2D eigenvalue weighted by molar-refractivity contribution is 5.70. The summed E-state index contributed by atoms with van der Waals surface area (Å²) in [5.41, 5.74) is 0.453. The third kappa shape index (κ3) is 2.68. The smallest absolute Gasteiger partial charge is 0.308 e. The van der Waals surface area contributed by atoms with E-state index in [4.69, 9.17) is 9.47 Å². The summed E-state index contributed by atoms with van der Waals surface area (Å²) in [5, 5.41) is 10.1. The van der Waals surface area contributed by atoms with Crippen molar-refractivity contribution in [1.29, 1.82) is 0 Å². The van der Waals surface area contributed by atoms with Gasteiger partial charge in [0.15, 0.2) is 0 Å².